The Morgan fingerprint density at radius 1 is 1.39 bits per heavy atom. The Kier molecular flexibility index (Phi) is 4.25. The van der Waals surface area contributed by atoms with E-state index in [0.29, 0.717) is 0 Å². The zero-order chi connectivity index (χ0) is 13.9. The summed E-state index contributed by atoms with van der Waals surface area (Å²) in [5, 5.41) is 0. The zero-order valence-corrected chi connectivity index (χ0v) is 10.3. The van der Waals surface area contributed by atoms with Crippen LogP contribution >= 0.6 is 0 Å². The van der Waals surface area contributed by atoms with Gasteiger partial charge in [-0.15, -0.1) is 0 Å². The number of primary amides is 1. The summed E-state index contributed by atoms with van der Waals surface area (Å²) >= 11 is 0. The topological polar surface area (TPSA) is 89.4 Å². The molecule has 98 valence electrons. The van der Waals surface area contributed by atoms with Gasteiger partial charge in [-0.3, -0.25) is 9.59 Å². The number of anilines is 1. The van der Waals surface area contributed by atoms with Crippen LogP contribution in [0.3, 0.4) is 0 Å². The minimum Gasteiger partial charge on any atom is -0.398 e. The molecule has 0 heterocycles. The first-order chi connectivity index (χ1) is 8.32. The third-order valence-electron chi connectivity index (χ3n) is 2.45. The number of nitrogen functional groups attached to an aromatic ring is 1. The van der Waals surface area contributed by atoms with Crippen molar-refractivity contribution in [2.24, 2.45) is 5.73 Å². The minimum absolute atomic E-state index is 0.0371. The monoisotopic (exact) mass is 253 g/mol. The first-order valence-electron chi connectivity index (χ1n) is 5.47. The van der Waals surface area contributed by atoms with Crippen molar-refractivity contribution in [3.63, 3.8) is 0 Å². The Hall–Kier alpha value is -2.11. The lowest BCUT2D eigenvalue weighted by Gasteiger charge is -2.25. The van der Waals surface area contributed by atoms with Crippen LogP contribution in [-0.4, -0.2) is 29.3 Å². The van der Waals surface area contributed by atoms with Gasteiger partial charge in [0.25, 0.3) is 5.91 Å². The van der Waals surface area contributed by atoms with E-state index in [1.54, 1.807) is 13.8 Å². The van der Waals surface area contributed by atoms with E-state index in [2.05, 4.69) is 0 Å². The maximum atomic E-state index is 12.9. The van der Waals surface area contributed by atoms with E-state index in [0.717, 1.165) is 12.1 Å². The van der Waals surface area contributed by atoms with Crippen molar-refractivity contribution in [2.45, 2.75) is 19.9 Å². The molecule has 1 rings (SSSR count). The zero-order valence-electron chi connectivity index (χ0n) is 10.3. The summed E-state index contributed by atoms with van der Waals surface area (Å²) in [6.45, 7) is 3.30. The largest absolute Gasteiger partial charge is 0.398 e. The maximum Gasteiger partial charge on any atom is 0.256 e. The number of hydrogen-bond acceptors (Lipinski definition) is 3. The number of nitrogens with two attached hydrogens (primary N) is 2. The van der Waals surface area contributed by atoms with Crippen LogP contribution in [0.2, 0.25) is 0 Å². The molecule has 0 atom stereocenters. The third kappa shape index (κ3) is 3.19. The normalized spacial score (nSPS) is 10.4. The SMILES string of the molecule is CC(C)N(CC(N)=O)C(=O)c1ccc(F)cc1N. The van der Waals surface area contributed by atoms with Crippen LogP contribution in [0, 0.1) is 5.82 Å². The molecule has 0 unspecified atom stereocenters. The molecular weight excluding hydrogens is 237 g/mol. The van der Waals surface area contributed by atoms with Crippen LogP contribution in [0.4, 0.5) is 10.1 Å². The number of hydrogen-bond donors (Lipinski definition) is 2. The summed E-state index contributed by atoms with van der Waals surface area (Å²) in [6.07, 6.45) is 0. The van der Waals surface area contributed by atoms with Gasteiger partial charge in [-0.2, -0.15) is 0 Å². The molecule has 0 aromatic heterocycles. The smallest absolute Gasteiger partial charge is 0.256 e. The van der Waals surface area contributed by atoms with Gasteiger partial charge in [-0.25, -0.2) is 4.39 Å². The fourth-order valence-corrected chi connectivity index (χ4v) is 1.54. The standard InChI is InChI=1S/C12H16FN3O2/c1-7(2)16(6-11(15)17)12(18)9-4-3-8(13)5-10(9)14/h3-5,7H,6,14H2,1-2H3,(H2,15,17). The Morgan fingerprint density at radius 2 is 2.00 bits per heavy atom. The number of nitrogens with zero attached hydrogens (tertiary/aromatic N) is 1. The summed E-state index contributed by atoms with van der Waals surface area (Å²) in [5.41, 5.74) is 10.9. The van der Waals surface area contributed by atoms with Gasteiger partial charge in [0.05, 0.1) is 12.1 Å². The van der Waals surface area contributed by atoms with Gasteiger partial charge in [-0.1, -0.05) is 0 Å². The second-order valence-electron chi connectivity index (χ2n) is 4.22. The van der Waals surface area contributed by atoms with Gasteiger partial charge >= 0.3 is 0 Å². The summed E-state index contributed by atoms with van der Waals surface area (Å²) in [6, 6.07) is 3.29. The highest BCUT2D eigenvalue weighted by Gasteiger charge is 2.22. The number of rotatable bonds is 4. The summed E-state index contributed by atoms with van der Waals surface area (Å²) < 4.78 is 12.9. The molecule has 6 heteroatoms. The van der Waals surface area contributed by atoms with Crippen molar-refractivity contribution in [1.82, 2.24) is 4.90 Å². The Balaban J connectivity index is 3.05. The molecule has 18 heavy (non-hydrogen) atoms. The van der Waals surface area contributed by atoms with Gasteiger partial charge in [-0.05, 0) is 32.0 Å². The lowest BCUT2D eigenvalue weighted by molar-refractivity contribution is -0.119. The Labute approximate surface area is 105 Å². The molecule has 0 aliphatic heterocycles. The van der Waals surface area contributed by atoms with E-state index in [1.165, 1.54) is 11.0 Å². The van der Waals surface area contributed by atoms with E-state index in [9.17, 15) is 14.0 Å². The number of halogens is 1. The van der Waals surface area contributed by atoms with Crippen LogP contribution in [0.5, 0.6) is 0 Å². The lowest BCUT2D eigenvalue weighted by Crippen LogP contribution is -2.43. The van der Waals surface area contributed by atoms with Crippen molar-refractivity contribution in [3.8, 4) is 0 Å². The van der Waals surface area contributed by atoms with Crippen molar-refractivity contribution < 1.29 is 14.0 Å². The average Bonchev–Trinajstić information content (AvgIpc) is 2.24. The van der Waals surface area contributed by atoms with Crippen molar-refractivity contribution >= 4 is 17.5 Å². The van der Waals surface area contributed by atoms with Crippen LogP contribution < -0.4 is 11.5 Å². The quantitative estimate of drug-likeness (QED) is 0.776. The van der Waals surface area contributed by atoms with Crippen molar-refractivity contribution in [3.05, 3.63) is 29.6 Å². The van der Waals surface area contributed by atoms with E-state index >= 15 is 0 Å². The van der Waals surface area contributed by atoms with Crippen LogP contribution in [-0.2, 0) is 4.79 Å². The van der Waals surface area contributed by atoms with Crippen molar-refractivity contribution in [1.29, 1.82) is 0 Å². The Morgan fingerprint density at radius 3 is 2.44 bits per heavy atom. The molecule has 0 spiro atoms. The van der Waals surface area contributed by atoms with Gasteiger partial charge < -0.3 is 16.4 Å². The second-order valence-corrected chi connectivity index (χ2v) is 4.22. The summed E-state index contributed by atoms with van der Waals surface area (Å²) in [5.74, 6) is -1.57. The molecule has 1 aromatic carbocycles. The van der Waals surface area contributed by atoms with E-state index in [1.807, 2.05) is 0 Å². The molecule has 0 saturated heterocycles. The Bertz CT molecular complexity index is 474. The lowest BCUT2D eigenvalue weighted by atomic mass is 10.1. The number of amides is 2. The van der Waals surface area contributed by atoms with E-state index in [-0.39, 0.29) is 23.8 Å². The first-order valence-corrected chi connectivity index (χ1v) is 5.47. The fraction of sp³-hybridized carbons (Fsp3) is 0.333. The molecule has 0 saturated carbocycles. The molecular formula is C12H16FN3O2. The molecule has 0 fully saturated rings. The molecule has 5 nitrogen and oxygen atoms in total. The van der Waals surface area contributed by atoms with Gasteiger partial charge in [0, 0.05) is 11.7 Å². The number of carbonyl (C=O) groups is 2. The predicted octanol–water partition coefficient (Wildman–Crippen LogP) is 0.744. The van der Waals surface area contributed by atoms with Gasteiger partial charge in [0.2, 0.25) is 5.91 Å². The van der Waals surface area contributed by atoms with Gasteiger partial charge in [0.1, 0.15) is 5.82 Å². The second kappa shape index (κ2) is 5.48. The first kappa shape index (κ1) is 14.0. The molecule has 2 amide bonds. The maximum absolute atomic E-state index is 12.9. The third-order valence-corrected chi connectivity index (χ3v) is 2.45. The molecule has 0 aliphatic carbocycles. The number of benzene rings is 1. The molecule has 1 aromatic rings. The predicted molar refractivity (Wildman–Crippen MR) is 66.2 cm³/mol. The highest BCUT2D eigenvalue weighted by Crippen LogP contribution is 2.17. The molecule has 0 bridgehead atoms. The summed E-state index contributed by atoms with van der Waals surface area (Å²) in [4.78, 5) is 24.4. The molecule has 4 N–H and O–H groups in total. The minimum atomic E-state index is -0.613. The number of carbonyl (C=O) groups excluding carboxylic acids is 2. The van der Waals surface area contributed by atoms with E-state index < -0.39 is 17.6 Å². The van der Waals surface area contributed by atoms with Crippen LogP contribution in [0.15, 0.2) is 18.2 Å². The highest BCUT2D eigenvalue weighted by molar-refractivity contribution is 6.00. The van der Waals surface area contributed by atoms with Crippen LogP contribution in [0.25, 0.3) is 0 Å². The van der Waals surface area contributed by atoms with Crippen molar-refractivity contribution in [2.75, 3.05) is 12.3 Å². The van der Waals surface area contributed by atoms with Gasteiger partial charge in [0.15, 0.2) is 0 Å². The summed E-state index contributed by atoms with van der Waals surface area (Å²) in [7, 11) is 0. The molecule has 0 aliphatic rings. The highest BCUT2D eigenvalue weighted by atomic mass is 19.1. The molecule has 0 radical (unpaired) electrons. The average molecular weight is 253 g/mol. The fourth-order valence-electron chi connectivity index (χ4n) is 1.54. The van der Waals surface area contributed by atoms with Crippen LogP contribution in [0.1, 0.15) is 24.2 Å². The van der Waals surface area contributed by atoms with E-state index in [4.69, 9.17) is 11.5 Å².